The van der Waals surface area contributed by atoms with Crippen molar-refractivity contribution in [3.63, 3.8) is 0 Å². The molecule has 0 bridgehead atoms. The van der Waals surface area contributed by atoms with Crippen LogP contribution in [-0.4, -0.2) is 6.54 Å². The highest BCUT2D eigenvalue weighted by Gasteiger charge is 2.13. The number of hydrogen-bond acceptors (Lipinski definition) is 2. The fraction of sp³-hybridized carbons (Fsp3) is 0.200. The molecule has 2 nitrogen and oxygen atoms in total. The fourth-order valence-electron chi connectivity index (χ4n) is 1.93. The predicted molar refractivity (Wildman–Crippen MR) is 79.9 cm³/mol. The first-order valence-corrected chi connectivity index (χ1v) is 7.02. The summed E-state index contributed by atoms with van der Waals surface area (Å²) in [6, 6.07) is 7.14. The topological polar surface area (TPSA) is 35.2 Å². The smallest absolute Gasteiger partial charge is 0.165 e. The van der Waals surface area contributed by atoms with Gasteiger partial charge in [-0.3, -0.25) is 0 Å². The molecule has 0 saturated heterocycles. The van der Waals surface area contributed by atoms with E-state index >= 15 is 0 Å². The zero-order valence-electron chi connectivity index (χ0n) is 11.0. The van der Waals surface area contributed by atoms with Crippen molar-refractivity contribution in [1.29, 1.82) is 0 Å². The Hall–Kier alpha value is -1.36. The van der Waals surface area contributed by atoms with Gasteiger partial charge in [-0.25, -0.2) is 8.78 Å². The van der Waals surface area contributed by atoms with E-state index in [9.17, 15) is 8.78 Å². The van der Waals surface area contributed by atoms with E-state index < -0.39 is 11.6 Å². The summed E-state index contributed by atoms with van der Waals surface area (Å²) in [4.78, 5) is 0. The minimum Gasteiger partial charge on any atom is -0.487 e. The van der Waals surface area contributed by atoms with Gasteiger partial charge >= 0.3 is 0 Å². The molecule has 21 heavy (non-hydrogen) atoms. The number of benzene rings is 2. The number of ether oxygens (including phenoxy) is 1. The SMILES string of the molecule is NCCc1cc(Cl)cc(Cl)c1OCc1cccc(F)c1F. The lowest BCUT2D eigenvalue weighted by Gasteiger charge is -2.14. The van der Waals surface area contributed by atoms with E-state index in [-0.39, 0.29) is 12.2 Å². The molecule has 0 unspecified atom stereocenters. The van der Waals surface area contributed by atoms with Crippen molar-refractivity contribution in [3.05, 3.63) is 63.1 Å². The first kappa shape index (κ1) is 16.0. The third kappa shape index (κ3) is 3.84. The summed E-state index contributed by atoms with van der Waals surface area (Å²) in [7, 11) is 0. The molecule has 6 heteroatoms. The molecule has 0 saturated carbocycles. The normalized spacial score (nSPS) is 10.7. The molecule has 0 atom stereocenters. The van der Waals surface area contributed by atoms with Gasteiger partial charge in [0.1, 0.15) is 12.4 Å². The van der Waals surface area contributed by atoms with Gasteiger partial charge in [-0.15, -0.1) is 0 Å². The summed E-state index contributed by atoms with van der Waals surface area (Å²) >= 11 is 12.0. The Morgan fingerprint density at radius 1 is 1.10 bits per heavy atom. The highest BCUT2D eigenvalue weighted by Crippen LogP contribution is 2.33. The van der Waals surface area contributed by atoms with Crippen LogP contribution in [0.15, 0.2) is 30.3 Å². The van der Waals surface area contributed by atoms with Gasteiger partial charge in [-0.2, -0.15) is 0 Å². The quantitative estimate of drug-likeness (QED) is 0.883. The predicted octanol–water partition coefficient (Wildman–Crippen LogP) is 4.35. The van der Waals surface area contributed by atoms with Crippen LogP contribution in [0.3, 0.4) is 0 Å². The van der Waals surface area contributed by atoms with Crippen molar-refractivity contribution >= 4 is 23.2 Å². The molecule has 0 aliphatic heterocycles. The number of nitrogens with two attached hydrogens (primary N) is 1. The summed E-state index contributed by atoms with van der Waals surface area (Å²) in [5.74, 6) is -1.46. The van der Waals surface area contributed by atoms with Crippen LogP contribution in [0.25, 0.3) is 0 Å². The van der Waals surface area contributed by atoms with Gasteiger partial charge in [0.25, 0.3) is 0 Å². The van der Waals surface area contributed by atoms with Crippen molar-refractivity contribution in [2.45, 2.75) is 13.0 Å². The highest BCUT2D eigenvalue weighted by atomic mass is 35.5. The van der Waals surface area contributed by atoms with E-state index in [0.29, 0.717) is 28.8 Å². The third-order valence-corrected chi connectivity index (χ3v) is 3.40. The van der Waals surface area contributed by atoms with Crippen molar-refractivity contribution in [2.75, 3.05) is 6.54 Å². The number of rotatable bonds is 5. The van der Waals surface area contributed by atoms with Crippen LogP contribution < -0.4 is 10.5 Å². The molecule has 0 aliphatic carbocycles. The maximum absolute atomic E-state index is 13.6. The average molecular weight is 332 g/mol. The maximum Gasteiger partial charge on any atom is 0.165 e. The standard InChI is InChI=1S/C15H13Cl2F2NO/c16-11-6-9(4-5-20)15(12(17)7-11)21-8-10-2-1-3-13(18)14(10)19/h1-3,6-7H,4-5,8,20H2. The van der Waals surface area contributed by atoms with Crippen LogP contribution in [0, 0.1) is 11.6 Å². The van der Waals surface area contributed by atoms with Gasteiger partial charge in [0.2, 0.25) is 0 Å². The second-order valence-electron chi connectivity index (χ2n) is 4.42. The molecule has 0 fully saturated rings. The van der Waals surface area contributed by atoms with Crippen molar-refractivity contribution in [1.82, 2.24) is 0 Å². The Labute approximate surface area is 131 Å². The Bertz CT molecular complexity index is 650. The van der Waals surface area contributed by atoms with Crippen LogP contribution in [0.4, 0.5) is 8.78 Å². The maximum atomic E-state index is 13.6. The third-order valence-electron chi connectivity index (χ3n) is 2.90. The van der Waals surface area contributed by atoms with Gasteiger partial charge in [-0.1, -0.05) is 35.3 Å². The summed E-state index contributed by atoms with van der Waals surface area (Å²) in [5, 5.41) is 0.774. The Balaban J connectivity index is 2.25. The van der Waals surface area contributed by atoms with Crippen molar-refractivity contribution < 1.29 is 13.5 Å². The summed E-state index contributed by atoms with van der Waals surface area (Å²) < 4.78 is 32.3. The minimum atomic E-state index is -0.928. The van der Waals surface area contributed by atoms with Crippen LogP contribution in [0.1, 0.15) is 11.1 Å². The monoisotopic (exact) mass is 331 g/mol. The molecule has 2 aromatic rings. The van der Waals surface area contributed by atoms with E-state index in [1.165, 1.54) is 18.2 Å². The number of hydrogen-bond donors (Lipinski definition) is 1. The van der Waals surface area contributed by atoms with E-state index in [2.05, 4.69) is 0 Å². The van der Waals surface area contributed by atoms with Gasteiger partial charge in [0.05, 0.1) is 5.02 Å². The van der Waals surface area contributed by atoms with E-state index in [4.69, 9.17) is 33.7 Å². The second kappa shape index (κ2) is 7.07. The van der Waals surface area contributed by atoms with Crippen LogP contribution in [-0.2, 0) is 13.0 Å². The molecule has 112 valence electrons. The average Bonchev–Trinajstić information content (AvgIpc) is 2.42. The molecule has 0 heterocycles. The lowest BCUT2D eigenvalue weighted by molar-refractivity contribution is 0.294. The summed E-state index contributed by atoms with van der Waals surface area (Å²) in [5.41, 5.74) is 6.37. The summed E-state index contributed by atoms with van der Waals surface area (Å²) in [6.45, 7) is 0.254. The van der Waals surface area contributed by atoms with Crippen molar-refractivity contribution in [2.24, 2.45) is 5.73 Å². The van der Waals surface area contributed by atoms with E-state index in [0.717, 1.165) is 11.6 Å². The molecule has 0 spiro atoms. The van der Waals surface area contributed by atoms with Gasteiger partial charge in [0, 0.05) is 10.6 Å². The first-order chi connectivity index (χ1) is 10.0. The molecule has 2 rings (SSSR count). The lowest BCUT2D eigenvalue weighted by atomic mass is 10.1. The zero-order valence-corrected chi connectivity index (χ0v) is 12.5. The van der Waals surface area contributed by atoms with Crippen LogP contribution in [0.2, 0.25) is 10.0 Å². The van der Waals surface area contributed by atoms with Gasteiger partial charge in [0.15, 0.2) is 11.6 Å². The van der Waals surface area contributed by atoms with Crippen LogP contribution >= 0.6 is 23.2 Å². The molecule has 2 aromatic carbocycles. The van der Waals surface area contributed by atoms with Crippen molar-refractivity contribution in [3.8, 4) is 5.75 Å². The molecular formula is C15H13Cl2F2NO. The fourth-order valence-corrected chi connectivity index (χ4v) is 2.52. The van der Waals surface area contributed by atoms with E-state index in [1.54, 1.807) is 6.07 Å². The molecule has 2 N–H and O–H groups in total. The van der Waals surface area contributed by atoms with Crippen LogP contribution in [0.5, 0.6) is 5.75 Å². The minimum absolute atomic E-state index is 0.111. The summed E-state index contributed by atoms with van der Waals surface area (Å²) in [6.07, 6.45) is 0.515. The largest absolute Gasteiger partial charge is 0.487 e. The molecule has 0 amide bonds. The Kier molecular flexibility index (Phi) is 5.39. The van der Waals surface area contributed by atoms with Gasteiger partial charge in [-0.05, 0) is 36.7 Å². The van der Waals surface area contributed by atoms with E-state index in [1.807, 2.05) is 0 Å². The first-order valence-electron chi connectivity index (χ1n) is 6.26. The van der Waals surface area contributed by atoms with Gasteiger partial charge < -0.3 is 10.5 Å². The Morgan fingerprint density at radius 3 is 2.57 bits per heavy atom. The highest BCUT2D eigenvalue weighted by molar-refractivity contribution is 6.35. The number of halogens is 4. The lowest BCUT2D eigenvalue weighted by Crippen LogP contribution is -2.07. The molecule has 0 aliphatic rings. The molecule has 0 radical (unpaired) electrons. The molecule has 0 aromatic heterocycles. The second-order valence-corrected chi connectivity index (χ2v) is 5.26. The molecular weight excluding hydrogens is 319 g/mol. The Morgan fingerprint density at radius 2 is 1.86 bits per heavy atom. The zero-order chi connectivity index (χ0) is 15.4.